The highest BCUT2D eigenvalue weighted by molar-refractivity contribution is 7.81. The van der Waals surface area contributed by atoms with Crippen molar-refractivity contribution in [3.8, 4) is 0 Å². The van der Waals surface area contributed by atoms with Crippen molar-refractivity contribution in [3.63, 3.8) is 0 Å². The third-order valence-corrected chi connectivity index (χ3v) is 2.62. The second kappa shape index (κ2) is 4.86. The molecule has 0 radical (unpaired) electrons. The molecule has 1 aromatic heterocycles. The van der Waals surface area contributed by atoms with E-state index in [2.05, 4.69) is 10.3 Å². The van der Waals surface area contributed by atoms with Crippen LogP contribution in [0.1, 0.15) is 11.1 Å². The van der Waals surface area contributed by atoms with Crippen LogP contribution in [0.15, 0.2) is 48.7 Å². The topological polar surface area (TPSA) is 24.9 Å². The maximum absolute atomic E-state index is 5.34. The lowest BCUT2D eigenvalue weighted by Crippen LogP contribution is -2.12. The van der Waals surface area contributed by atoms with Crippen LogP contribution >= 0.6 is 12.2 Å². The molecule has 0 saturated heterocycles. The number of thiocarbonyl (C=S) groups is 1. The maximum Gasteiger partial charge on any atom is 0.130 e. The summed E-state index contributed by atoms with van der Waals surface area (Å²) < 4.78 is 0. The molecule has 0 aliphatic rings. The Balaban J connectivity index is 2.19. The van der Waals surface area contributed by atoms with Gasteiger partial charge in [-0.1, -0.05) is 42.5 Å². The van der Waals surface area contributed by atoms with E-state index in [4.69, 9.17) is 12.2 Å². The van der Waals surface area contributed by atoms with Crippen molar-refractivity contribution in [1.82, 2.24) is 4.98 Å². The second-order valence-corrected chi connectivity index (χ2v) is 3.89. The number of anilines is 1. The quantitative estimate of drug-likeness (QED) is 0.799. The zero-order chi connectivity index (χ0) is 11.4. The van der Waals surface area contributed by atoms with Crippen molar-refractivity contribution < 1.29 is 0 Å². The molecule has 1 aromatic carbocycles. The molecule has 16 heavy (non-hydrogen) atoms. The molecule has 1 N–H and O–H groups in total. The number of rotatable bonds is 2. The molecule has 0 aliphatic carbocycles. The van der Waals surface area contributed by atoms with Gasteiger partial charge in [-0.15, -0.1) is 0 Å². The third-order valence-electron chi connectivity index (χ3n) is 2.30. The van der Waals surface area contributed by atoms with Gasteiger partial charge in [0.1, 0.15) is 10.8 Å². The van der Waals surface area contributed by atoms with Crippen LogP contribution in [-0.2, 0) is 0 Å². The summed E-state index contributed by atoms with van der Waals surface area (Å²) >= 11 is 5.34. The van der Waals surface area contributed by atoms with Crippen molar-refractivity contribution in [1.29, 1.82) is 0 Å². The molecular weight excluding hydrogens is 216 g/mol. The van der Waals surface area contributed by atoms with Crippen LogP contribution in [0.5, 0.6) is 0 Å². The minimum atomic E-state index is 0.705. The van der Waals surface area contributed by atoms with Crippen molar-refractivity contribution >= 4 is 23.0 Å². The summed E-state index contributed by atoms with van der Waals surface area (Å²) in [4.78, 5) is 4.88. The summed E-state index contributed by atoms with van der Waals surface area (Å²) in [5, 5.41) is 3.12. The Labute approximate surface area is 100 Å². The fourth-order valence-electron chi connectivity index (χ4n) is 1.45. The van der Waals surface area contributed by atoms with E-state index in [1.165, 1.54) is 0 Å². The number of pyridine rings is 1. The first-order valence-corrected chi connectivity index (χ1v) is 5.46. The Morgan fingerprint density at radius 2 is 1.88 bits per heavy atom. The predicted molar refractivity (Wildman–Crippen MR) is 70.7 cm³/mol. The fourth-order valence-corrected chi connectivity index (χ4v) is 1.78. The zero-order valence-corrected chi connectivity index (χ0v) is 9.79. The van der Waals surface area contributed by atoms with Crippen molar-refractivity contribution in [2.75, 3.05) is 5.32 Å². The van der Waals surface area contributed by atoms with Crippen LogP contribution in [0, 0.1) is 6.92 Å². The molecule has 1 heterocycles. The first kappa shape index (κ1) is 10.8. The van der Waals surface area contributed by atoms with Gasteiger partial charge in [0, 0.05) is 11.8 Å². The lowest BCUT2D eigenvalue weighted by Gasteiger charge is -2.09. The first-order chi connectivity index (χ1) is 7.77. The van der Waals surface area contributed by atoms with Gasteiger partial charge in [-0.25, -0.2) is 4.98 Å². The lowest BCUT2D eigenvalue weighted by molar-refractivity contribution is 1.32. The molecule has 0 fully saturated rings. The van der Waals surface area contributed by atoms with Crippen molar-refractivity contribution in [2.45, 2.75) is 6.92 Å². The van der Waals surface area contributed by atoms with E-state index in [0.717, 1.165) is 16.9 Å². The highest BCUT2D eigenvalue weighted by Crippen LogP contribution is 2.10. The molecule has 80 valence electrons. The van der Waals surface area contributed by atoms with Gasteiger partial charge in [-0.05, 0) is 24.6 Å². The number of nitrogens with zero attached hydrogens (tertiary/aromatic N) is 1. The number of aryl methyl sites for hydroxylation is 1. The minimum Gasteiger partial charge on any atom is -0.331 e. The summed E-state index contributed by atoms with van der Waals surface area (Å²) in [7, 11) is 0. The molecule has 0 bridgehead atoms. The van der Waals surface area contributed by atoms with E-state index in [9.17, 15) is 0 Å². The smallest absolute Gasteiger partial charge is 0.130 e. The van der Waals surface area contributed by atoms with E-state index in [0.29, 0.717) is 4.99 Å². The summed E-state index contributed by atoms with van der Waals surface area (Å²) in [6, 6.07) is 13.7. The Morgan fingerprint density at radius 1 is 1.12 bits per heavy atom. The van der Waals surface area contributed by atoms with Crippen LogP contribution in [0.25, 0.3) is 0 Å². The van der Waals surface area contributed by atoms with E-state index in [1.54, 1.807) is 6.20 Å². The second-order valence-electron chi connectivity index (χ2n) is 3.48. The van der Waals surface area contributed by atoms with Gasteiger partial charge in [-0.2, -0.15) is 0 Å². The van der Waals surface area contributed by atoms with Gasteiger partial charge < -0.3 is 5.32 Å². The molecule has 0 saturated carbocycles. The zero-order valence-electron chi connectivity index (χ0n) is 8.97. The highest BCUT2D eigenvalue weighted by atomic mass is 32.1. The number of hydrogen-bond donors (Lipinski definition) is 1. The molecule has 0 spiro atoms. The summed E-state index contributed by atoms with van der Waals surface area (Å²) in [6.07, 6.45) is 1.74. The van der Waals surface area contributed by atoms with Crippen LogP contribution in [-0.4, -0.2) is 9.97 Å². The lowest BCUT2D eigenvalue weighted by atomic mass is 10.1. The van der Waals surface area contributed by atoms with Crippen molar-refractivity contribution in [2.24, 2.45) is 0 Å². The molecule has 2 nitrogen and oxygen atoms in total. The largest absolute Gasteiger partial charge is 0.331 e. The first-order valence-electron chi connectivity index (χ1n) is 5.05. The standard InChI is InChI=1S/C13H12N2S/c1-10-6-2-3-7-11(10)13(16)15-12-8-4-5-9-14-12/h2-9H,1H3,(H,14,15,16). The summed E-state index contributed by atoms with van der Waals surface area (Å²) in [5.41, 5.74) is 2.21. The third kappa shape index (κ3) is 2.44. The van der Waals surface area contributed by atoms with E-state index >= 15 is 0 Å². The van der Waals surface area contributed by atoms with E-state index in [1.807, 2.05) is 49.4 Å². The Hall–Kier alpha value is -1.74. The summed E-state index contributed by atoms with van der Waals surface area (Å²) in [6.45, 7) is 2.04. The average molecular weight is 228 g/mol. The predicted octanol–water partition coefficient (Wildman–Crippen LogP) is 3.18. The van der Waals surface area contributed by atoms with Crippen LogP contribution in [0.3, 0.4) is 0 Å². The number of nitrogens with one attached hydrogen (secondary N) is 1. The van der Waals surface area contributed by atoms with Crippen molar-refractivity contribution in [3.05, 3.63) is 59.8 Å². The number of hydrogen-bond acceptors (Lipinski definition) is 2. The van der Waals surface area contributed by atoms with Gasteiger partial charge >= 0.3 is 0 Å². The van der Waals surface area contributed by atoms with E-state index in [-0.39, 0.29) is 0 Å². The molecule has 2 rings (SSSR count). The van der Waals surface area contributed by atoms with Crippen LogP contribution in [0.2, 0.25) is 0 Å². The van der Waals surface area contributed by atoms with Crippen LogP contribution in [0.4, 0.5) is 5.82 Å². The Kier molecular flexibility index (Phi) is 3.27. The molecule has 0 aliphatic heterocycles. The molecule has 0 atom stereocenters. The van der Waals surface area contributed by atoms with Gasteiger partial charge in [0.05, 0.1) is 0 Å². The minimum absolute atomic E-state index is 0.705. The normalized spacial score (nSPS) is 9.81. The van der Waals surface area contributed by atoms with Crippen LogP contribution < -0.4 is 5.32 Å². The van der Waals surface area contributed by atoms with Gasteiger partial charge in [0.25, 0.3) is 0 Å². The van der Waals surface area contributed by atoms with Gasteiger partial charge in [0.2, 0.25) is 0 Å². The molecule has 0 unspecified atom stereocenters. The molecule has 3 heteroatoms. The molecule has 0 amide bonds. The Bertz CT molecular complexity index is 494. The van der Waals surface area contributed by atoms with E-state index < -0.39 is 0 Å². The average Bonchev–Trinajstić information content (AvgIpc) is 2.31. The SMILES string of the molecule is Cc1ccccc1C(=S)Nc1ccccn1. The number of aromatic nitrogens is 1. The summed E-state index contributed by atoms with van der Waals surface area (Å²) in [5.74, 6) is 0.774. The maximum atomic E-state index is 5.34. The Morgan fingerprint density at radius 3 is 2.56 bits per heavy atom. The fraction of sp³-hybridized carbons (Fsp3) is 0.0769. The van der Waals surface area contributed by atoms with Gasteiger partial charge in [0.15, 0.2) is 0 Å². The highest BCUT2D eigenvalue weighted by Gasteiger charge is 2.04. The van der Waals surface area contributed by atoms with Gasteiger partial charge in [-0.3, -0.25) is 0 Å². The molecular formula is C13H12N2S. The molecule has 2 aromatic rings. The monoisotopic (exact) mass is 228 g/mol. The number of benzene rings is 1.